The molecule has 1 atom stereocenters. The Morgan fingerprint density at radius 3 is 2.72 bits per heavy atom. The third kappa shape index (κ3) is 4.95. The number of aromatic nitrogens is 1. The molecule has 1 saturated heterocycles. The van der Waals surface area contributed by atoms with Crippen molar-refractivity contribution in [2.45, 2.75) is 38.6 Å². The minimum atomic E-state index is -0.657. The van der Waals surface area contributed by atoms with Crippen molar-refractivity contribution in [2.75, 3.05) is 0 Å². The summed E-state index contributed by atoms with van der Waals surface area (Å²) in [6.07, 6.45) is 3.44. The third-order valence-corrected chi connectivity index (χ3v) is 6.32. The highest BCUT2D eigenvalue weighted by Crippen LogP contribution is 2.28. The van der Waals surface area contributed by atoms with Gasteiger partial charge in [-0.05, 0) is 52.4 Å². The number of rotatable bonds is 6. The number of piperidine rings is 1. The Balaban J connectivity index is 1.15. The molecule has 1 fully saturated rings. The lowest BCUT2D eigenvalue weighted by molar-refractivity contribution is -0.136. The number of hydrogen-bond donors (Lipinski definition) is 2. The van der Waals surface area contributed by atoms with Crippen LogP contribution in [0.15, 0.2) is 67.0 Å². The summed E-state index contributed by atoms with van der Waals surface area (Å²) in [5.41, 5.74) is 4.86. The van der Waals surface area contributed by atoms with Crippen LogP contribution in [-0.2, 0) is 34.0 Å². The van der Waals surface area contributed by atoms with Gasteiger partial charge in [0.05, 0.1) is 0 Å². The highest BCUT2D eigenvalue weighted by molar-refractivity contribution is 6.05. The van der Waals surface area contributed by atoms with Crippen LogP contribution in [0.5, 0.6) is 0 Å². The molecule has 5 rings (SSSR count). The Morgan fingerprint density at radius 1 is 1.06 bits per heavy atom. The Hall–Kier alpha value is -4.53. The third-order valence-electron chi connectivity index (χ3n) is 6.32. The highest BCUT2D eigenvalue weighted by Gasteiger charge is 2.39. The predicted molar refractivity (Wildman–Crippen MR) is 129 cm³/mol. The van der Waals surface area contributed by atoms with E-state index < -0.39 is 18.0 Å². The van der Waals surface area contributed by atoms with Crippen LogP contribution in [0.3, 0.4) is 0 Å². The largest absolute Gasteiger partial charge is 0.445 e. The maximum Gasteiger partial charge on any atom is 0.407 e. The van der Waals surface area contributed by atoms with E-state index in [1.807, 2.05) is 48.5 Å². The number of carbonyl (C=O) groups excluding carboxylic acids is 4. The summed E-state index contributed by atoms with van der Waals surface area (Å²) in [6.45, 7) is 0.616. The van der Waals surface area contributed by atoms with Crippen LogP contribution < -0.4 is 10.6 Å². The second kappa shape index (κ2) is 9.99. The quantitative estimate of drug-likeness (QED) is 0.520. The molecule has 1 aromatic heterocycles. The lowest BCUT2D eigenvalue weighted by Crippen LogP contribution is -2.52. The Bertz CT molecular complexity index is 1340. The van der Waals surface area contributed by atoms with E-state index in [4.69, 9.17) is 4.74 Å². The van der Waals surface area contributed by atoms with Gasteiger partial charge in [0.25, 0.3) is 5.91 Å². The maximum absolute atomic E-state index is 12.9. The van der Waals surface area contributed by atoms with Gasteiger partial charge in [0.15, 0.2) is 0 Å². The molecule has 9 nitrogen and oxygen atoms in total. The molecular formula is C27H24N4O5. The van der Waals surface area contributed by atoms with Crippen molar-refractivity contribution in [3.05, 3.63) is 89.2 Å². The zero-order chi connectivity index (χ0) is 25.1. The SMILES string of the molecule is O=C1CCC(N2Cc3ccc(CNC(=O)OCc4cccc(-c5cccnc5)c4)cc3C2=O)C(=O)N1. The summed E-state index contributed by atoms with van der Waals surface area (Å²) in [5.74, 6) is -1.01. The van der Waals surface area contributed by atoms with Gasteiger partial charge in [0.1, 0.15) is 12.6 Å². The Kier molecular flexibility index (Phi) is 6.44. The van der Waals surface area contributed by atoms with Crippen molar-refractivity contribution in [2.24, 2.45) is 0 Å². The van der Waals surface area contributed by atoms with E-state index >= 15 is 0 Å². The summed E-state index contributed by atoms with van der Waals surface area (Å²) >= 11 is 0. The van der Waals surface area contributed by atoms with E-state index in [1.54, 1.807) is 18.5 Å². The zero-order valence-corrected chi connectivity index (χ0v) is 19.4. The van der Waals surface area contributed by atoms with E-state index in [2.05, 4.69) is 15.6 Å². The molecule has 0 saturated carbocycles. The fourth-order valence-corrected chi connectivity index (χ4v) is 4.46. The molecule has 2 aromatic carbocycles. The van der Waals surface area contributed by atoms with Crippen LogP contribution in [0.2, 0.25) is 0 Å². The number of nitrogens with one attached hydrogen (secondary N) is 2. The second-order valence-corrected chi connectivity index (χ2v) is 8.76. The normalized spacial score (nSPS) is 16.9. The monoisotopic (exact) mass is 484 g/mol. The molecule has 0 radical (unpaired) electrons. The van der Waals surface area contributed by atoms with Crippen LogP contribution in [0.1, 0.15) is 39.9 Å². The van der Waals surface area contributed by atoms with Gasteiger partial charge in [-0.1, -0.05) is 36.4 Å². The van der Waals surface area contributed by atoms with Gasteiger partial charge in [0, 0.05) is 37.5 Å². The van der Waals surface area contributed by atoms with Gasteiger partial charge < -0.3 is 15.0 Å². The minimum absolute atomic E-state index is 0.115. The molecule has 0 aliphatic carbocycles. The molecule has 1 unspecified atom stereocenters. The topological polar surface area (TPSA) is 118 Å². The number of carbonyl (C=O) groups is 4. The molecule has 0 bridgehead atoms. The molecule has 9 heteroatoms. The van der Waals surface area contributed by atoms with E-state index in [-0.39, 0.29) is 31.4 Å². The van der Waals surface area contributed by atoms with Gasteiger partial charge in [-0.3, -0.25) is 24.7 Å². The van der Waals surface area contributed by atoms with Crippen molar-refractivity contribution in [1.29, 1.82) is 0 Å². The first-order valence-corrected chi connectivity index (χ1v) is 11.6. The number of imide groups is 1. The molecule has 2 N–H and O–H groups in total. The fourth-order valence-electron chi connectivity index (χ4n) is 4.46. The van der Waals surface area contributed by atoms with Crippen LogP contribution in [-0.4, -0.2) is 39.7 Å². The van der Waals surface area contributed by atoms with Crippen LogP contribution in [0.25, 0.3) is 11.1 Å². The smallest absolute Gasteiger partial charge is 0.407 e. The van der Waals surface area contributed by atoms with Crippen molar-refractivity contribution < 1.29 is 23.9 Å². The minimum Gasteiger partial charge on any atom is -0.445 e. The zero-order valence-electron chi connectivity index (χ0n) is 19.4. The van der Waals surface area contributed by atoms with Crippen molar-refractivity contribution in [1.82, 2.24) is 20.5 Å². The molecular weight excluding hydrogens is 460 g/mol. The lowest BCUT2D eigenvalue weighted by atomic mass is 10.0. The number of amides is 4. The van der Waals surface area contributed by atoms with Crippen molar-refractivity contribution in [3.63, 3.8) is 0 Å². The molecule has 2 aliphatic rings. The number of alkyl carbamates (subject to hydrolysis) is 1. The average Bonchev–Trinajstić information content (AvgIpc) is 3.22. The molecule has 4 amide bonds. The molecule has 36 heavy (non-hydrogen) atoms. The predicted octanol–water partition coefficient (Wildman–Crippen LogP) is 2.94. The molecule has 3 aromatic rings. The number of pyridine rings is 1. The molecule has 0 spiro atoms. The summed E-state index contributed by atoms with van der Waals surface area (Å²) in [7, 11) is 0. The highest BCUT2D eigenvalue weighted by atomic mass is 16.5. The van der Waals surface area contributed by atoms with Gasteiger partial charge in [-0.2, -0.15) is 0 Å². The van der Waals surface area contributed by atoms with Crippen LogP contribution in [0.4, 0.5) is 4.79 Å². The first kappa shape index (κ1) is 23.2. The lowest BCUT2D eigenvalue weighted by Gasteiger charge is -2.29. The van der Waals surface area contributed by atoms with Gasteiger partial charge in [0.2, 0.25) is 11.8 Å². The van der Waals surface area contributed by atoms with E-state index in [0.717, 1.165) is 27.8 Å². The first-order chi connectivity index (χ1) is 17.5. The number of nitrogens with zero attached hydrogens (tertiary/aromatic N) is 2. The second-order valence-electron chi connectivity index (χ2n) is 8.76. The number of fused-ring (bicyclic) bond motifs is 1. The Labute approximate surface area is 207 Å². The number of ether oxygens (including phenoxy) is 1. The molecule has 3 heterocycles. The molecule has 2 aliphatic heterocycles. The fraction of sp³-hybridized carbons (Fsp3) is 0.222. The summed E-state index contributed by atoms with van der Waals surface area (Å²) in [5, 5.41) is 5.01. The molecule has 182 valence electrons. The van der Waals surface area contributed by atoms with E-state index in [1.165, 1.54) is 4.90 Å². The van der Waals surface area contributed by atoms with Gasteiger partial charge >= 0.3 is 6.09 Å². The van der Waals surface area contributed by atoms with Crippen LogP contribution in [0, 0.1) is 0 Å². The van der Waals surface area contributed by atoms with E-state index in [9.17, 15) is 19.2 Å². The maximum atomic E-state index is 12.9. The van der Waals surface area contributed by atoms with E-state index in [0.29, 0.717) is 18.5 Å². The summed E-state index contributed by atoms with van der Waals surface area (Å²) in [6, 6.07) is 16.3. The van der Waals surface area contributed by atoms with Crippen LogP contribution >= 0.6 is 0 Å². The van der Waals surface area contributed by atoms with Crippen molar-refractivity contribution >= 4 is 23.8 Å². The Morgan fingerprint density at radius 2 is 1.92 bits per heavy atom. The first-order valence-electron chi connectivity index (χ1n) is 11.6. The van der Waals surface area contributed by atoms with Gasteiger partial charge in [-0.15, -0.1) is 0 Å². The van der Waals surface area contributed by atoms with Gasteiger partial charge in [-0.25, -0.2) is 4.79 Å². The summed E-state index contributed by atoms with van der Waals surface area (Å²) < 4.78 is 5.36. The standard InChI is InChI=1S/C27H24N4O5/c32-24-9-8-23(25(33)30-24)31-15-21-7-6-17(12-22(21)26(31)34)13-29-27(35)36-16-18-3-1-4-19(11-18)20-5-2-10-28-14-20/h1-7,10-12,14,23H,8-9,13,15-16H2,(H,29,35)(H,30,32,33). The average molecular weight is 485 g/mol. The van der Waals surface area contributed by atoms with Crippen molar-refractivity contribution in [3.8, 4) is 11.1 Å². The number of benzene rings is 2. The number of hydrogen-bond acceptors (Lipinski definition) is 6. The summed E-state index contributed by atoms with van der Waals surface area (Å²) in [4.78, 5) is 54.5.